The molecule has 1 aromatic carbocycles. The number of hydrogen-bond donors (Lipinski definition) is 3. The molecule has 0 aromatic heterocycles. The van der Waals surface area contributed by atoms with Crippen molar-refractivity contribution in [3.05, 3.63) is 29.8 Å². The number of anilines is 1. The number of carbonyl (C=O) groups excluding carboxylic acids is 1. The fourth-order valence-electron chi connectivity index (χ4n) is 2.36. The lowest BCUT2D eigenvalue weighted by atomic mass is 9.97. The van der Waals surface area contributed by atoms with Gasteiger partial charge < -0.3 is 16.4 Å². The number of aliphatic imine (C=N–C) groups is 1. The number of para-hydroxylation sites is 1. The van der Waals surface area contributed by atoms with Crippen LogP contribution in [0.15, 0.2) is 29.3 Å². The Morgan fingerprint density at radius 2 is 2.21 bits per heavy atom. The van der Waals surface area contributed by atoms with Crippen LogP contribution < -0.4 is 16.4 Å². The minimum absolute atomic E-state index is 0.0603. The normalized spacial score (nSPS) is 22.0. The third-order valence-electron chi connectivity index (χ3n) is 3.54. The van der Waals surface area contributed by atoms with Crippen LogP contribution in [-0.2, 0) is 4.79 Å². The molecule has 1 atom stereocenters. The predicted octanol–water partition coefficient (Wildman–Crippen LogP) is 1.18. The molecule has 1 saturated carbocycles. The van der Waals surface area contributed by atoms with Crippen molar-refractivity contribution in [3.63, 3.8) is 0 Å². The molecule has 1 aliphatic carbocycles. The quantitative estimate of drug-likeness (QED) is 0.560. The van der Waals surface area contributed by atoms with E-state index in [4.69, 9.17) is 5.73 Å². The minimum Gasteiger partial charge on any atom is -0.370 e. The zero-order chi connectivity index (χ0) is 13.2. The van der Waals surface area contributed by atoms with Gasteiger partial charge in [0.15, 0.2) is 5.96 Å². The Kier molecular flexibility index (Phi) is 3.11. The Balaban J connectivity index is 1.59. The summed E-state index contributed by atoms with van der Waals surface area (Å²) in [7, 11) is 0. The Morgan fingerprint density at radius 1 is 1.42 bits per heavy atom. The van der Waals surface area contributed by atoms with E-state index in [2.05, 4.69) is 15.6 Å². The molecule has 5 heteroatoms. The van der Waals surface area contributed by atoms with Gasteiger partial charge in [-0.15, -0.1) is 0 Å². The first-order chi connectivity index (χ1) is 9.24. The van der Waals surface area contributed by atoms with Crippen LogP contribution in [0.25, 0.3) is 0 Å². The first-order valence-corrected chi connectivity index (χ1v) is 6.70. The third kappa shape index (κ3) is 2.70. The van der Waals surface area contributed by atoms with Gasteiger partial charge in [-0.1, -0.05) is 18.2 Å². The maximum Gasteiger partial charge on any atom is 0.232 e. The van der Waals surface area contributed by atoms with Crippen LogP contribution in [-0.4, -0.2) is 24.5 Å². The largest absolute Gasteiger partial charge is 0.370 e. The fourth-order valence-corrected chi connectivity index (χ4v) is 2.36. The molecule has 19 heavy (non-hydrogen) atoms. The van der Waals surface area contributed by atoms with Gasteiger partial charge in [0, 0.05) is 18.3 Å². The third-order valence-corrected chi connectivity index (χ3v) is 3.54. The first kappa shape index (κ1) is 12.0. The zero-order valence-electron chi connectivity index (χ0n) is 10.7. The van der Waals surface area contributed by atoms with Crippen LogP contribution >= 0.6 is 0 Å². The number of nitrogens with zero attached hydrogens (tertiary/aromatic N) is 1. The Bertz CT molecular complexity index is 522. The van der Waals surface area contributed by atoms with Gasteiger partial charge in [-0.25, -0.2) is 0 Å². The van der Waals surface area contributed by atoms with E-state index in [0.717, 1.165) is 11.3 Å². The summed E-state index contributed by atoms with van der Waals surface area (Å²) in [6.45, 7) is 0.567. The number of nitrogens with one attached hydrogen (secondary N) is 2. The van der Waals surface area contributed by atoms with Crippen molar-refractivity contribution < 1.29 is 4.79 Å². The number of benzene rings is 1. The Hall–Kier alpha value is -2.04. The van der Waals surface area contributed by atoms with Crippen LogP contribution in [0.5, 0.6) is 0 Å². The van der Waals surface area contributed by atoms with E-state index in [1.807, 2.05) is 24.3 Å². The van der Waals surface area contributed by atoms with Crippen molar-refractivity contribution in [2.75, 3.05) is 11.9 Å². The van der Waals surface area contributed by atoms with Crippen LogP contribution in [0.3, 0.4) is 0 Å². The average Bonchev–Trinajstić information content (AvgIpc) is 3.14. The van der Waals surface area contributed by atoms with Crippen molar-refractivity contribution >= 4 is 17.6 Å². The monoisotopic (exact) mass is 258 g/mol. The summed E-state index contributed by atoms with van der Waals surface area (Å²) in [6, 6.07) is 8.32. The van der Waals surface area contributed by atoms with E-state index in [0.29, 0.717) is 25.0 Å². The number of hydrogen-bond acceptors (Lipinski definition) is 2. The molecule has 4 N–H and O–H groups in total. The molecule has 1 unspecified atom stereocenters. The predicted molar refractivity (Wildman–Crippen MR) is 75.1 cm³/mol. The van der Waals surface area contributed by atoms with Gasteiger partial charge in [0.05, 0.1) is 5.92 Å². The number of carbonyl (C=O) groups is 1. The van der Waals surface area contributed by atoms with Crippen molar-refractivity contribution in [2.45, 2.75) is 31.2 Å². The smallest absolute Gasteiger partial charge is 0.232 e. The second-order valence-electron chi connectivity index (χ2n) is 5.10. The molecule has 3 rings (SSSR count). The van der Waals surface area contributed by atoms with Crippen molar-refractivity contribution in [2.24, 2.45) is 10.7 Å². The van der Waals surface area contributed by atoms with Gasteiger partial charge in [0.2, 0.25) is 5.91 Å². The summed E-state index contributed by atoms with van der Waals surface area (Å²) in [5.41, 5.74) is 7.75. The average molecular weight is 258 g/mol. The van der Waals surface area contributed by atoms with Crippen LogP contribution in [0.1, 0.15) is 30.7 Å². The second-order valence-corrected chi connectivity index (χ2v) is 5.10. The molecule has 1 aliphatic heterocycles. The fraction of sp³-hybridized carbons (Fsp3) is 0.429. The standard InChI is InChI=1S/C14H18N4O/c15-14(17-9-5-6-9)16-8-7-11-10-3-1-2-4-12(10)18-13(11)19/h1-4,9,11H,5-8H2,(H,18,19)(H3,15,16,17). The van der Waals surface area contributed by atoms with E-state index >= 15 is 0 Å². The molecule has 0 radical (unpaired) electrons. The molecule has 2 aliphatic rings. The van der Waals surface area contributed by atoms with Gasteiger partial charge in [-0.3, -0.25) is 9.79 Å². The Labute approximate surface area is 112 Å². The highest BCUT2D eigenvalue weighted by Gasteiger charge is 2.29. The van der Waals surface area contributed by atoms with Crippen molar-refractivity contribution in [3.8, 4) is 0 Å². The van der Waals surface area contributed by atoms with Gasteiger partial charge >= 0.3 is 0 Å². The van der Waals surface area contributed by atoms with Crippen LogP contribution in [0.4, 0.5) is 5.69 Å². The van der Waals surface area contributed by atoms with Gasteiger partial charge in [0.1, 0.15) is 0 Å². The number of amides is 1. The number of fused-ring (bicyclic) bond motifs is 1. The van der Waals surface area contributed by atoms with E-state index in [1.165, 1.54) is 12.8 Å². The van der Waals surface area contributed by atoms with Gasteiger partial charge in [0.25, 0.3) is 0 Å². The molecule has 0 spiro atoms. The summed E-state index contributed by atoms with van der Waals surface area (Å²) in [5, 5.41) is 6.03. The van der Waals surface area contributed by atoms with Crippen molar-refractivity contribution in [1.29, 1.82) is 0 Å². The van der Waals surface area contributed by atoms with Gasteiger partial charge in [-0.05, 0) is 30.9 Å². The van der Waals surface area contributed by atoms with E-state index in [1.54, 1.807) is 0 Å². The number of guanidine groups is 1. The summed E-state index contributed by atoms with van der Waals surface area (Å²) in [6.07, 6.45) is 3.04. The topological polar surface area (TPSA) is 79.5 Å². The Morgan fingerprint density at radius 3 is 3.00 bits per heavy atom. The molecule has 0 saturated heterocycles. The molecule has 1 fully saturated rings. The lowest BCUT2D eigenvalue weighted by Gasteiger charge is -2.07. The summed E-state index contributed by atoms with van der Waals surface area (Å²) in [5.74, 6) is 0.452. The highest BCUT2D eigenvalue weighted by Crippen LogP contribution is 2.34. The maximum absolute atomic E-state index is 11.9. The maximum atomic E-state index is 11.9. The highest BCUT2D eigenvalue weighted by atomic mass is 16.2. The minimum atomic E-state index is -0.103. The lowest BCUT2D eigenvalue weighted by molar-refractivity contribution is -0.117. The van der Waals surface area contributed by atoms with E-state index in [9.17, 15) is 4.79 Å². The van der Waals surface area contributed by atoms with Crippen LogP contribution in [0.2, 0.25) is 0 Å². The zero-order valence-corrected chi connectivity index (χ0v) is 10.7. The summed E-state index contributed by atoms with van der Waals surface area (Å²) < 4.78 is 0. The van der Waals surface area contributed by atoms with E-state index in [-0.39, 0.29) is 11.8 Å². The molecule has 0 bridgehead atoms. The summed E-state index contributed by atoms with van der Waals surface area (Å²) >= 11 is 0. The first-order valence-electron chi connectivity index (χ1n) is 6.70. The molecule has 1 heterocycles. The lowest BCUT2D eigenvalue weighted by Crippen LogP contribution is -2.33. The second kappa shape index (κ2) is 4.91. The molecule has 5 nitrogen and oxygen atoms in total. The van der Waals surface area contributed by atoms with E-state index < -0.39 is 0 Å². The highest BCUT2D eigenvalue weighted by molar-refractivity contribution is 6.02. The molecule has 100 valence electrons. The number of rotatable bonds is 4. The molecule has 1 aromatic rings. The summed E-state index contributed by atoms with van der Waals surface area (Å²) in [4.78, 5) is 16.2. The van der Waals surface area contributed by atoms with Crippen LogP contribution in [0, 0.1) is 0 Å². The SMILES string of the molecule is NC(=NCCC1C(=O)Nc2ccccc21)NC1CC1. The van der Waals surface area contributed by atoms with Gasteiger partial charge in [-0.2, -0.15) is 0 Å². The number of nitrogens with two attached hydrogens (primary N) is 1. The van der Waals surface area contributed by atoms with Crippen molar-refractivity contribution in [1.82, 2.24) is 5.32 Å². The molecular formula is C14H18N4O. The molecule has 1 amide bonds. The molecular weight excluding hydrogens is 240 g/mol.